The number of hydrogen-bond donors (Lipinski definition) is 1. The molecule has 1 amide bonds. The number of halogens is 1. The number of benzene rings is 1. The average Bonchev–Trinajstić information content (AvgIpc) is 2.94. The van der Waals surface area contributed by atoms with Gasteiger partial charge in [0.1, 0.15) is 0 Å². The van der Waals surface area contributed by atoms with Gasteiger partial charge in [-0.1, -0.05) is 23.7 Å². The third-order valence-corrected chi connectivity index (χ3v) is 4.93. The summed E-state index contributed by atoms with van der Waals surface area (Å²) >= 11 is 6.24. The van der Waals surface area contributed by atoms with Crippen molar-refractivity contribution in [3.8, 4) is 0 Å². The van der Waals surface area contributed by atoms with E-state index in [1.165, 1.54) is 0 Å². The van der Waals surface area contributed by atoms with E-state index in [2.05, 4.69) is 4.90 Å². The third kappa shape index (κ3) is 3.16. The van der Waals surface area contributed by atoms with Crippen LogP contribution in [0.15, 0.2) is 24.3 Å². The van der Waals surface area contributed by atoms with Crippen molar-refractivity contribution < 1.29 is 4.79 Å². The summed E-state index contributed by atoms with van der Waals surface area (Å²) in [5.74, 6) is 0.439. The molecule has 0 aromatic heterocycles. The van der Waals surface area contributed by atoms with E-state index < -0.39 is 0 Å². The van der Waals surface area contributed by atoms with Crippen LogP contribution in [0.3, 0.4) is 0 Å². The molecule has 1 saturated heterocycles. The summed E-state index contributed by atoms with van der Waals surface area (Å²) in [6, 6.07) is 8.10. The molecule has 2 atom stereocenters. The van der Waals surface area contributed by atoms with Crippen LogP contribution in [-0.2, 0) is 4.79 Å². The van der Waals surface area contributed by atoms with Gasteiger partial charge in [0, 0.05) is 38.1 Å². The van der Waals surface area contributed by atoms with E-state index in [1.54, 1.807) is 0 Å². The fraction of sp³-hybridized carbons (Fsp3) is 0.562. The summed E-state index contributed by atoms with van der Waals surface area (Å²) < 4.78 is 0. The predicted octanol–water partition coefficient (Wildman–Crippen LogP) is 2.12. The van der Waals surface area contributed by atoms with Crippen molar-refractivity contribution in [2.75, 3.05) is 31.1 Å². The highest BCUT2D eigenvalue weighted by atomic mass is 35.5. The van der Waals surface area contributed by atoms with Crippen molar-refractivity contribution >= 4 is 23.2 Å². The summed E-state index contributed by atoms with van der Waals surface area (Å²) in [4.78, 5) is 16.7. The number of nitrogens with two attached hydrogens (primary N) is 1. The maximum Gasteiger partial charge on any atom is 0.225 e. The fourth-order valence-electron chi connectivity index (χ4n) is 3.37. The van der Waals surface area contributed by atoms with E-state index in [9.17, 15) is 4.79 Å². The average molecular weight is 308 g/mol. The van der Waals surface area contributed by atoms with Crippen molar-refractivity contribution in [3.63, 3.8) is 0 Å². The van der Waals surface area contributed by atoms with Crippen LogP contribution in [0.5, 0.6) is 0 Å². The number of hydrogen-bond acceptors (Lipinski definition) is 3. The second-order valence-electron chi connectivity index (χ2n) is 6.03. The van der Waals surface area contributed by atoms with Gasteiger partial charge in [0.15, 0.2) is 0 Å². The molecule has 0 spiro atoms. The predicted molar refractivity (Wildman–Crippen MR) is 85.6 cm³/mol. The standard InChI is InChI=1S/C16H22ClN3O/c17-14-3-1-2-4-15(14)19-7-9-20(10-8-19)16(21)12-5-6-13(18)11-12/h1-4,12-13H,5-11,18H2/t12-,13+/m0/s1. The molecule has 3 rings (SSSR count). The Labute approximate surface area is 130 Å². The summed E-state index contributed by atoms with van der Waals surface area (Å²) in [7, 11) is 0. The number of para-hydroxylation sites is 1. The topological polar surface area (TPSA) is 49.6 Å². The molecule has 5 heteroatoms. The first-order valence-electron chi connectivity index (χ1n) is 7.69. The lowest BCUT2D eigenvalue weighted by Crippen LogP contribution is -2.50. The Morgan fingerprint density at radius 3 is 2.48 bits per heavy atom. The number of carbonyl (C=O) groups is 1. The molecule has 0 unspecified atom stereocenters. The highest BCUT2D eigenvalue weighted by Gasteiger charge is 2.32. The highest BCUT2D eigenvalue weighted by Crippen LogP contribution is 2.28. The largest absolute Gasteiger partial charge is 0.367 e. The van der Waals surface area contributed by atoms with Crippen LogP contribution in [0.2, 0.25) is 5.02 Å². The highest BCUT2D eigenvalue weighted by molar-refractivity contribution is 6.33. The molecular formula is C16H22ClN3O. The molecule has 0 radical (unpaired) electrons. The van der Waals surface area contributed by atoms with Crippen LogP contribution in [0.4, 0.5) is 5.69 Å². The Balaban J connectivity index is 1.58. The van der Waals surface area contributed by atoms with Crippen LogP contribution in [0.25, 0.3) is 0 Å². The molecule has 2 N–H and O–H groups in total. The Kier molecular flexibility index (Phi) is 4.36. The number of nitrogens with zero attached hydrogens (tertiary/aromatic N) is 2. The van der Waals surface area contributed by atoms with Gasteiger partial charge < -0.3 is 15.5 Å². The molecule has 4 nitrogen and oxygen atoms in total. The molecule has 2 aliphatic rings. The fourth-order valence-corrected chi connectivity index (χ4v) is 3.63. The minimum atomic E-state index is 0.145. The number of anilines is 1. The number of carbonyl (C=O) groups excluding carboxylic acids is 1. The molecule has 1 aliphatic heterocycles. The number of rotatable bonds is 2. The molecule has 1 aromatic carbocycles. The lowest BCUT2D eigenvalue weighted by Gasteiger charge is -2.37. The zero-order chi connectivity index (χ0) is 14.8. The van der Waals surface area contributed by atoms with Gasteiger partial charge in [-0.3, -0.25) is 4.79 Å². The third-order valence-electron chi connectivity index (χ3n) is 4.61. The summed E-state index contributed by atoms with van der Waals surface area (Å²) in [5, 5.41) is 0.777. The van der Waals surface area contributed by atoms with Crippen LogP contribution < -0.4 is 10.6 Å². The number of piperazine rings is 1. The molecule has 21 heavy (non-hydrogen) atoms. The SMILES string of the molecule is N[C@@H]1CC[C@H](C(=O)N2CCN(c3ccccc3Cl)CC2)C1. The molecule has 0 bridgehead atoms. The molecule has 1 heterocycles. The van der Waals surface area contributed by atoms with E-state index in [0.29, 0.717) is 5.91 Å². The van der Waals surface area contributed by atoms with E-state index >= 15 is 0 Å². The Hall–Kier alpha value is -1.26. The van der Waals surface area contributed by atoms with Crippen molar-refractivity contribution in [3.05, 3.63) is 29.3 Å². The molecular weight excluding hydrogens is 286 g/mol. The minimum Gasteiger partial charge on any atom is -0.367 e. The van der Waals surface area contributed by atoms with E-state index in [4.69, 9.17) is 17.3 Å². The lowest BCUT2D eigenvalue weighted by molar-refractivity contribution is -0.135. The van der Waals surface area contributed by atoms with Crippen LogP contribution in [0.1, 0.15) is 19.3 Å². The van der Waals surface area contributed by atoms with E-state index in [1.807, 2.05) is 29.2 Å². The summed E-state index contributed by atoms with van der Waals surface area (Å²) in [6.07, 6.45) is 2.78. The van der Waals surface area contributed by atoms with Crippen LogP contribution in [-0.4, -0.2) is 43.0 Å². The van der Waals surface area contributed by atoms with Gasteiger partial charge in [-0.15, -0.1) is 0 Å². The van der Waals surface area contributed by atoms with Crippen molar-refractivity contribution in [1.29, 1.82) is 0 Å². The van der Waals surface area contributed by atoms with Gasteiger partial charge >= 0.3 is 0 Å². The Bertz CT molecular complexity index is 514. The van der Waals surface area contributed by atoms with E-state index in [-0.39, 0.29) is 12.0 Å². The Morgan fingerprint density at radius 2 is 1.86 bits per heavy atom. The maximum absolute atomic E-state index is 12.5. The Morgan fingerprint density at radius 1 is 1.14 bits per heavy atom. The van der Waals surface area contributed by atoms with E-state index in [0.717, 1.165) is 56.2 Å². The zero-order valence-electron chi connectivity index (χ0n) is 12.2. The van der Waals surface area contributed by atoms with Gasteiger partial charge in [0.25, 0.3) is 0 Å². The van der Waals surface area contributed by atoms with Crippen molar-refractivity contribution in [1.82, 2.24) is 4.90 Å². The van der Waals surface area contributed by atoms with Crippen LogP contribution in [0, 0.1) is 5.92 Å². The van der Waals surface area contributed by atoms with Gasteiger partial charge in [-0.25, -0.2) is 0 Å². The molecule has 114 valence electrons. The van der Waals surface area contributed by atoms with Crippen molar-refractivity contribution in [2.24, 2.45) is 11.7 Å². The first kappa shape index (κ1) is 14.7. The first-order chi connectivity index (χ1) is 10.1. The first-order valence-corrected chi connectivity index (χ1v) is 8.07. The van der Waals surface area contributed by atoms with Gasteiger partial charge in [0.05, 0.1) is 10.7 Å². The number of amides is 1. The van der Waals surface area contributed by atoms with Gasteiger partial charge in [0.2, 0.25) is 5.91 Å². The van der Waals surface area contributed by atoms with Gasteiger partial charge in [-0.05, 0) is 31.4 Å². The zero-order valence-corrected chi connectivity index (χ0v) is 12.9. The van der Waals surface area contributed by atoms with Gasteiger partial charge in [-0.2, -0.15) is 0 Å². The minimum absolute atomic E-state index is 0.145. The maximum atomic E-state index is 12.5. The monoisotopic (exact) mass is 307 g/mol. The van der Waals surface area contributed by atoms with Crippen LogP contribution >= 0.6 is 11.6 Å². The quantitative estimate of drug-likeness (QED) is 0.910. The normalized spacial score (nSPS) is 26.2. The smallest absolute Gasteiger partial charge is 0.225 e. The molecule has 2 fully saturated rings. The second kappa shape index (κ2) is 6.24. The molecule has 1 saturated carbocycles. The molecule has 1 aromatic rings. The second-order valence-corrected chi connectivity index (χ2v) is 6.44. The summed E-state index contributed by atoms with van der Waals surface area (Å²) in [6.45, 7) is 3.23. The van der Waals surface area contributed by atoms with Crippen molar-refractivity contribution in [2.45, 2.75) is 25.3 Å². The molecule has 1 aliphatic carbocycles. The summed E-state index contributed by atoms with van der Waals surface area (Å²) in [5.41, 5.74) is 6.98. The lowest BCUT2D eigenvalue weighted by atomic mass is 10.1.